The number of anilines is 1. The molecule has 0 radical (unpaired) electrons. The lowest BCUT2D eigenvalue weighted by Gasteiger charge is -2.13. The highest BCUT2D eigenvalue weighted by molar-refractivity contribution is 7.10. The first-order chi connectivity index (χ1) is 15.4. The molecule has 4 aromatic rings. The maximum atomic E-state index is 13.0. The van der Waals surface area contributed by atoms with Gasteiger partial charge >= 0.3 is 6.18 Å². The van der Waals surface area contributed by atoms with Gasteiger partial charge in [-0.25, -0.2) is 9.97 Å². The fourth-order valence-corrected chi connectivity index (χ4v) is 3.90. The van der Waals surface area contributed by atoms with Gasteiger partial charge in [-0.05, 0) is 41.3 Å². The molecule has 2 N–H and O–H groups in total. The number of amides is 1. The molecule has 0 saturated carbocycles. The van der Waals surface area contributed by atoms with Crippen LogP contribution in [-0.2, 0) is 30.5 Å². The minimum Gasteiger partial charge on any atom is -0.365 e. The zero-order chi connectivity index (χ0) is 22.6. The van der Waals surface area contributed by atoms with Crippen molar-refractivity contribution in [2.75, 3.05) is 5.32 Å². The molecule has 2 heterocycles. The van der Waals surface area contributed by atoms with Crippen molar-refractivity contribution < 1.29 is 18.0 Å². The van der Waals surface area contributed by atoms with Gasteiger partial charge in [0, 0.05) is 16.8 Å². The molecule has 0 atom stereocenters. The first-order valence-corrected chi connectivity index (χ1v) is 10.7. The number of fused-ring (bicyclic) bond motifs is 1. The Morgan fingerprint density at radius 1 is 0.969 bits per heavy atom. The third kappa shape index (κ3) is 5.42. The Kier molecular flexibility index (Phi) is 6.36. The molecule has 0 bridgehead atoms. The highest BCUT2D eigenvalue weighted by Crippen LogP contribution is 2.30. The molecule has 0 fully saturated rings. The summed E-state index contributed by atoms with van der Waals surface area (Å²) in [5, 5.41) is 8.59. The first kappa shape index (κ1) is 21.8. The largest absolute Gasteiger partial charge is 0.416 e. The monoisotopic (exact) mass is 456 g/mol. The normalized spacial score (nSPS) is 11.5. The van der Waals surface area contributed by atoms with Gasteiger partial charge in [0.05, 0.1) is 24.0 Å². The second-order valence-corrected chi connectivity index (χ2v) is 8.12. The second-order valence-electron chi connectivity index (χ2n) is 7.09. The predicted molar refractivity (Wildman–Crippen MR) is 118 cm³/mol. The summed E-state index contributed by atoms with van der Waals surface area (Å²) in [5.41, 5.74) is 0.461. The van der Waals surface area contributed by atoms with Crippen LogP contribution in [0, 0.1) is 0 Å². The molecule has 1 amide bonds. The topological polar surface area (TPSA) is 66.9 Å². The Morgan fingerprint density at radius 2 is 1.81 bits per heavy atom. The zero-order valence-electron chi connectivity index (χ0n) is 16.8. The van der Waals surface area contributed by atoms with E-state index in [4.69, 9.17) is 0 Å². The minimum absolute atomic E-state index is 0.136. The standard InChI is InChI=1S/C23H19F3N4OS/c24-23(25,26)16-6-3-5-15(11-16)13-28-22-18-8-1-2-9-19(18)29-20(30-22)14-27-21(31)12-17-7-4-10-32-17/h1-11H,12-14H2,(H,27,31)(H,28,29,30). The molecule has 0 saturated heterocycles. The lowest BCUT2D eigenvalue weighted by Crippen LogP contribution is -2.25. The summed E-state index contributed by atoms with van der Waals surface area (Å²) in [6, 6.07) is 16.3. The first-order valence-electron chi connectivity index (χ1n) is 9.83. The van der Waals surface area contributed by atoms with Crippen LogP contribution in [0.4, 0.5) is 19.0 Å². The molecule has 164 valence electrons. The molecule has 9 heteroatoms. The van der Waals surface area contributed by atoms with E-state index in [0.29, 0.717) is 22.7 Å². The fraction of sp³-hybridized carbons (Fsp3) is 0.174. The molecule has 5 nitrogen and oxygen atoms in total. The number of hydrogen-bond acceptors (Lipinski definition) is 5. The summed E-state index contributed by atoms with van der Waals surface area (Å²) < 4.78 is 39.0. The van der Waals surface area contributed by atoms with Crippen molar-refractivity contribution in [3.05, 3.63) is 87.9 Å². The van der Waals surface area contributed by atoms with Crippen LogP contribution in [0.2, 0.25) is 0 Å². The molecule has 2 aromatic heterocycles. The van der Waals surface area contributed by atoms with Crippen LogP contribution in [0.25, 0.3) is 10.9 Å². The lowest BCUT2D eigenvalue weighted by atomic mass is 10.1. The van der Waals surface area contributed by atoms with Crippen molar-refractivity contribution >= 4 is 34.0 Å². The maximum absolute atomic E-state index is 13.0. The van der Waals surface area contributed by atoms with Crippen LogP contribution in [0.1, 0.15) is 21.8 Å². The summed E-state index contributed by atoms with van der Waals surface area (Å²) in [6.07, 6.45) is -4.11. The Morgan fingerprint density at radius 3 is 2.59 bits per heavy atom. The van der Waals surface area contributed by atoms with E-state index in [1.807, 2.05) is 41.8 Å². The van der Waals surface area contributed by atoms with Crippen LogP contribution in [0.15, 0.2) is 66.0 Å². The van der Waals surface area contributed by atoms with Gasteiger partial charge in [0.15, 0.2) is 5.82 Å². The molecule has 4 rings (SSSR count). The van der Waals surface area contributed by atoms with Crippen LogP contribution in [0.3, 0.4) is 0 Å². The number of benzene rings is 2. The maximum Gasteiger partial charge on any atom is 0.416 e. The summed E-state index contributed by atoms with van der Waals surface area (Å²) in [5.74, 6) is 0.771. The quantitative estimate of drug-likeness (QED) is 0.402. The van der Waals surface area contributed by atoms with Gasteiger partial charge in [-0.1, -0.05) is 30.3 Å². The molecule has 2 aromatic carbocycles. The van der Waals surface area contributed by atoms with E-state index < -0.39 is 11.7 Å². The lowest BCUT2D eigenvalue weighted by molar-refractivity contribution is -0.137. The van der Waals surface area contributed by atoms with Crippen LogP contribution >= 0.6 is 11.3 Å². The third-order valence-electron chi connectivity index (χ3n) is 4.72. The van der Waals surface area contributed by atoms with Gasteiger partial charge in [-0.3, -0.25) is 4.79 Å². The Labute approximate surface area is 186 Å². The highest BCUT2D eigenvalue weighted by atomic mass is 32.1. The molecule has 0 aliphatic heterocycles. The molecular formula is C23H19F3N4OS. The summed E-state index contributed by atoms with van der Waals surface area (Å²) in [7, 11) is 0. The van der Waals surface area contributed by atoms with Gasteiger partial charge in [0.1, 0.15) is 5.82 Å². The van der Waals surface area contributed by atoms with Crippen molar-refractivity contribution in [3.63, 3.8) is 0 Å². The molecule has 0 aliphatic carbocycles. The second kappa shape index (κ2) is 9.35. The van der Waals surface area contributed by atoms with Crippen molar-refractivity contribution in [3.8, 4) is 0 Å². The van der Waals surface area contributed by atoms with Crippen molar-refractivity contribution in [2.24, 2.45) is 0 Å². The average molecular weight is 456 g/mol. The van der Waals surface area contributed by atoms with Crippen molar-refractivity contribution in [1.82, 2.24) is 15.3 Å². The van der Waals surface area contributed by atoms with E-state index in [0.717, 1.165) is 22.4 Å². The van der Waals surface area contributed by atoms with E-state index in [-0.39, 0.29) is 25.4 Å². The van der Waals surface area contributed by atoms with Crippen LogP contribution in [0.5, 0.6) is 0 Å². The zero-order valence-corrected chi connectivity index (χ0v) is 17.6. The van der Waals surface area contributed by atoms with Gasteiger partial charge in [-0.15, -0.1) is 11.3 Å². The fourth-order valence-electron chi connectivity index (χ4n) is 3.19. The van der Waals surface area contributed by atoms with Crippen LogP contribution in [-0.4, -0.2) is 15.9 Å². The van der Waals surface area contributed by atoms with Gasteiger partial charge < -0.3 is 10.6 Å². The van der Waals surface area contributed by atoms with E-state index in [1.54, 1.807) is 6.07 Å². The van der Waals surface area contributed by atoms with Gasteiger partial charge in [0.2, 0.25) is 5.91 Å². The molecule has 0 spiro atoms. The number of rotatable bonds is 7. The van der Waals surface area contributed by atoms with E-state index in [9.17, 15) is 18.0 Å². The number of halogens is 3. The number of nitrogens with zero attached hydrogens (tertiary/aromatic N) is 2. The number of hydrogen-bond donors (Lipinski definition) is 2. The molecule has 0 unspecified atom stereocenters. The van der Waals surface area contributed by atoms with E-state index in [2.05, 4.69) is 20.6 Å². The predicted octanol–water partition coefficient (Wildman–Crippen LogP) is 5.18. The third-order valence-corrected chi connectivity index (χ3v) is 5.60. The van der Waals surface area contributed by atoms with E-state index >= 15 is 0 Å². The number of carbonyl (C=O) groups is 1. The SMILES string of the molecule is O=C(Cc1cccs1)NCc1nc(NCc2cccc(C(F)(F)F)c2)c2ccccc2n1. The van der Waals surface area contributed by atoms with E-state index in [1.165, 1.54) is 17.4 Å². The number of aromatic nitrogens is 2. The number of thiophene rings is 1. The van der Waals surface area contributed by atoms with Gasteiger partial charge in [0.25, 0.3) is 0 Å². The number of nitrogens with one attached hydrogen (secondary N) is 2. The summed E-state index contributed by atoms with van der Waals surface area (Å²) in [4.78, 5) is 22.1. The Bertz CT molecular complexity index is 1230. The summed E-state index contributed by atoms with van der Waals surface area (Å²) >= 11 is 1.51. The van der Waals surface area contributed by atoms with Gasteiger partial charge in [-0.2, -0.15) is 13.2 Å². The molecular weight excluding hydrogens is 437 g/mol. The number of carbonyl (C=O) groups excluding carboxylic acids is 1. The average Bonchev–Trinajstić information content (AvgIpc) is 3.28. The van der Waals surface area contributed by atoms with Crippen molar-refractivity contribution in [1.29, 1.82) is 0 Å². The highest BCUT2D eigenvalue weighted by Gasteiger charge is 2.30. The number of para-hydroxylation sites is 1. The Balaban J connectivity index is 1.50. The smallest absolute Gasteiger partial charge is 0.365 e. The molecule has 32 heavy (non-hydrogen) atoms. The minimum atomic E-state index is -4.40. The summed E-state index contributed by atoms with van der Waals surface area (Å²) in [6.45, 7) is 0.308. The number of alkyl halides is 3. The van der Waals surface area contributed by atoms with Crippen molar-refractivity contribution in [2.45, 2.75) is 25.7 Å². The molecule has 0 aliphatic rings. The van der Waals surface area contributed by atoms with Crippen LogP contribution < -0.4 is 10.6 Å². The Hall–Kier alpha value is -3.46.